The van der Waals surface area contributed by atoms with Gasteiger partial charge in [-0.2, -0.15) is 0 Å². The van der Waals surface area contributed by atoms with Crippen molar-refractivity contribution < 1.29 is 19.2 Å². The molecular weight excluding hydrogens is 372 g/mol. The van der Waals surface area contributed by atoms with Crippen molar-refractivity contribution in [2.24, 2.45) is 0 Å². The lowest BCUT2D eigenvalue weighted by Crippen LogP contribution is -2.31. The number of ether oxygens (including phenoxy) is 1. The van der Waals surface area contributed by atoms with Gasteiger partial charge in [-0.3, -0.25) is 19.7 Å². The standard InChI is InChI=1S/C19H19ClN2O5/c1-3-27-17(23)11-15(13-8-4-5-9-14(13)20)21-19(24)18-12(2)7-6-10-16(18)22(25)26/h4-10,15H,3,11H2,1-2H3,(H,21,24)/t15-/m0/s1. The number of hydrogen-bond donors (Lipinski definition) is 1. The Morgan fingerprint density at radius 1 is 1.22 bits per heavy atom. The van der Waals surface area contributed by atoms with Crippen molar-refractivity contribution in [3.8, 4) is 0 Å². The molecule has 0 aliphatic heterocycles. The summed E-state index contributed by atoms with van der Waals surface area (Å²) in [5, 5.41) is 14.3. The van der Waals surface area contributed by atoms with Gasteiger partial charge in [0.05, 0.1) is 24.0 Å². The molecule has 2 aromatic rings. The third-order valence-corrected chi connectivity index (χ3v) is 4.28. The number of benzene rings is 2. The van der Waals surface area contributed by atoms with E-state index in [2.05, 4.69) is 5.32 Å². The summed E-state index contributed by atoms with van der Waals surface area (Å²) >= 11 is 6.21. The summed E-state index contributed by atoms with van der Waals surface area (Å²) in [6.45, 7) is 3.49. The zero-order valence-corrected chi connectivity index (χ0v) is 15.7. The van der Waals surface area contributed by atoms with Gasteiger partial charge < -0.3 is 10.1 Å². The van der Waals surface area contributed by atoms with Gasteiger partial charge in [-0.1, -0.05) is 41.9 Å². The monoisotopic (exact) mass is 390 g/mol. The van der Waals surface area contributed by atoms with Crippen molar-refractivity contribution in [3.05, 3.63) is 74.3 Å². The summed E-state index contributed by atoms with van der Waals surface area (Å²) in [5.74, 6) is -1.17. The van der Waals surface area contributed by atoms with E-state index in [4.69, 9.17) is 16.3 Å². The van der Waals surface area contributed by atoms with Crippen LogP contribution in [0.5, 0.6) is 0 Å². The van der Waals surface area contributed by atoms with Gasteiger partial charge in [0.15, 0.2) is 0 Å². The van der Waals surface area contributed by atoms with Crippen molar-refractivity contribution in [3.63, 3.8) is 0 Å². The number of rotatable bonds is 7. The Kier molecular flexibility index (Phi) is 6.90. The minimum atomic E-state index is -0.788. The fourth-order valence-electron chi connectivity index (χ4n) is 2.71. The van der Waals surface area contributed by atoms with Gasteiger partial charge in [0.2, 0.25) is 0 Å². The van der Waals surface area contributed by atoms with E-state index in [1.165, 1.54) is 12.1 Å². The summed E-state index contributed by atoms with van der Waals surface area (Å²) in [6.07, 6.45) is -0.150. The van der Waals surface area contributed by atoms with Crippen LogP contribution >= 0.6 is 11.6 Å². The van der Waals surface area contributed by atoms with Crippen LogP contribution in [0.3, 0.4) is 0 Å². The predicted octanol–water partition coefficient (Wildman–Crippen LogP) is 3.98. The van der Waals surface area contributed by atoms with Crippen LogP contribution in [0.2, 0.25) is 5.02 Å². The highest BCUT2D eigenvalue weighted by Gasteiger charge is 2.27. The molecule has 0 bridgehead atoms. The van der Waals surface area contributed by atoms with Crippen molar-refractivity contribution in [2.45, 2.75) is 26.3 Å². The smallest absolute Gasteiger partial charge is 0.308 e. The van der Waals surface area contributed by atoms with Gasteiger partial charge in [0.25, 0.3) is 11.6 Å². The molecule has 2 aromatic carbocycles. The Balaban J connectivity index is 2.38. The Morgan fingerprint density at radius 3 is 2.56 bits per heavy atom. The number of amides is 1. The number of aryl methyl sites for hydroxylation is 1. The molecular formula is C19H19ClN2O5. The first-order chi connectivity index (χ1) is 12.8. The van der Waals surface area contributed by atoms with E-state index >= 15 is 0 Å². The second kappa shape index (κ2) is 9.14. The van der Waals surface area contributed by atoms with E-state index < -0.39 is 22.8 Å². The molecule has 0 radical (unpaired) electrons. The van der Waals surface area contributed by atoms with E-state index in [1.807, 2.05) is 0 Å². The largest absolute Gasteiger partial charge is 0.466 e. The van der Waals surface area contributed by atoms with Crippen molar-refractivity contribution in [1.29, 1.82) is 0 Å². The van der Waals surface area contributed by atoms with Gasteiger partial charge in [0.1, 0.15) is 5.56 Å². The number of nitrogens with zero attached hydrogens (tertiary/aromatic N) is 1. The maximum atomic E-state index is 12.8. The average molecular weight is 391 g/mol. The normalized spacial score (nSPS) is 11.5. The number of esters is 1. The van der Waals surface area contributed by atoms with E-state index in [-0.39, 0.29) is 24.3 Å². The molecule has 0 fully saturated rings. The van der Waals surface area contributed by atoms with Gasteiger partial charge in [-0.05, 0) is 31.0 Å². The predicted molar refractivity (Wildman–Crippen MR) is 101 cm³/mol. The fourth-order valence-corrected chi connectivity index (χ4v) is 2.98. The summed E-state index contributed by atoms with van der Waals surface area (Å²) in [4.78, 5) is 35.5. The highest BCUT2D eigenvalue weighted by atomic mass is 35.5. The number of halogens is 1. The number of nitrogens with one attached hydrogen (secondary N) is 1. The lowest BCUT2D eigenvalue weighted by Gasteiger charge is -2.20. The maximum Gasteiger partial charge on any atom is 0.308 e. The molecule has 8 heteroatoms. The molecule has 0 unspecified atom stereocenters. The Labute approximate surface area is 161 Å². The van der Waals surface area contributed by atoms with Crippen LogP contribution in [0.1, 0.15) is 40.9 Å². The van der Waals surface area contributed by atoms with Crippen molar-refractivity contribution >= 4 is 29.2 Å². The first-order valence-electron chi connectivity index (χ1n) is 8.30. The molecule has 1 N–H and O–H groups in total. The van der Waals surface area contributed by atoms with E-state index in [1.54, 1.807) is 44.2 Å². The summed E-state index contributed by atoms with van der Waals surface area (Å²) < 4.78 is 4.97. The molecule has 0 heterocycles. The van der Waals surface area contributed by atoms with Crippen LogP contribution in [-0.2, 0) is 9.53 Å². The molecule has 0 spiro atoms. The van der Waals surface area contributed by atoms with Crippen LogP contribution in [0.25, 0.3) is 0 Å². The number of nitro benzene ring substituents is 1. The van der Waals surface area contributed by atoms with Crippen LogP contribution < -0.4 is 5.32 Å². The lowest BCUT2D eigenvalue weighted by atomic mass is 10.0. The van der Waals surface area contributed by atoms with Crippen LogP contribution in [0.4, 0.5) is 5.69 Å². The zero-order valence-electron chi connectivity index (χ0n) is 14.9. The number of carbonyl (C=O) groups is 2. The SMILES string of the molecule is CCOC(=O)C[C@H](NC(=O)c1c(C)cccc1[N+](=O)[O-])c1ccccc1Cl. The quantitative estimate of drug-likeness (QED) is 0.438. The molecule has 27 heavy (non-hydrogen) atoms. The Bertz CT molecular complexity index is 869. The number of nitro groups is 1. The minimum Gasteiger partial charge on any atom is -0.466 e. The van der Waals surface area contributed by atoms with Gasteiger partial charge in [0, 0.05) is 11.1 Å². The van der Waals surface area contributed by atoms with Gasteiger partial charge in [-0.15, -0.1) is 0 Å². The first kappa shape index (κ1) is 20.4. The molecule has 0 aromatic heterocycles. The molecule has 0 saturated heterocycles. The molecule has 142 valence electrons. The second-order valence-corrected chi connectivity index (χ2v) is 6.19. The van der Waals surface area contributed by atoms with Gasteiger partial charge >= 0.3 is 5.97 Å². The average Bonchev–Trinajstić information content (AvgIpc) is 2.61. The summed E-state index contributed by atoms with van der Waals surface area (Å²) in [6, 6.07) is 10.4. The first-order valence-corrected chi connectivity index (χ1v) is 8.67. The zero-order chi connectivity index (χ0) is 20.0. The van der Waals surface area contributed by atoms with Gasteiger partial charge in [-0.25, -0.2) is 0 Å². The van der Waals surface area contributed by atoms with Crippen molar-refractivity contribution in [2.75, 3.05) is 6.61 Å². The summed E-state index contributed by atoms with van der Waals surface area (Å²) in [5.41, 5.74) is 0.623. The molecule has 0 saturated carbocycles. The maximum absolute atomic E-state index is 12.8. The van der Waals surface area contributed by atoms with E-state index in [0.29, 0.717) is 16.1 Å². The third-order valence-electron chi connectivity index (χ3n) is 3.94. The van der Waals surface area contributed by atoms with Crippen LogP contribution in [0.15, 0.2) is 42.5 Å². The van der Waals surface area contributed by atoms with Crippen LogP contribution in [0, 0.1) is 17.0 Å². The topological polar surface area (TPSA) is 98.5 Å². The van der Waals surface area contributed by atoms with Crippen molar-refractivity contribution in [1.82, 2.24) is 5.32 Å². The minimum absolute atomic E-state index is 0.0524. The molecule has 2 rings (SSSR count). The third kappa shape index (κ3) is 5.04. The molecule has 7 nitrogen and oxygen atoms in total. The Hall–Kier alpha value is -2.93. The summed E-state index contributed by atoms with van der Waals surface area (Å²) in [7, 11) is 0. The molecule has 0 aliphatic rings. The molecule has 0 aliphatic carbocycles. The van der Waals surface area contributed by atoms with Crippen LogP contribution in [-0.4, -0.2) is 23.4 Å². The highest BCUT2D eigenvalue weighted by Crippen LogP contribution is 2.28. The number of carbonyl (C=O) groups excluding carboxylic acids is 2. The van der Waals surface area contributed by atoms with E-state index in [9.17, 15) is 19.7 Å². The lowest BCUT2D eigenvalue weighted by molar-refractivity contribution is -0.385. The number of hydrogen-bond acceptors (Lipinski definition) is 5. The Morgan fingerprint density at radius 2 is 1.93 bits per heavy atom. The van der Waals surface area contributed by atoms with E-state index in [0.717, 1.165) is 0 Å². The fraction of sp³-hybridized carbons (Fsp3) is 0.263. The molecule has 1 amide bonds. The highest BCUT2D eigenvalue weighted by molar-refractivity contribution is 6.31. The second-order valence-electron chi connectivity index (χ2n) is 5.78. The molecule has 1 atom stereocenters.